The van der Waals surface area contributed by atoms with Gasteiger partial charge in [-0.15, -0.1) is 0 Å². The molecule has 45 heavy (non-hydrogen) atoms. The van der Waals surface area contributed by atoms with Crippen molar-refractivity contribution in [3.63, 3.8) is 0 Å². The molecule has 1 heterocycles. The van der Waals surface area contributed by atoms with Gasteiger partial charge >= 0.3 is 0 Å². The van der Waals surface area contributed by atoms with E-state index in [0.717, 1.165) is 62.7 Å². The van der Waals surface area contributed by atoms with Gasteiger partial charge in [-0.2, -0.15) is 0 Å². The third-order valence-electron chi connectivity index (χ3n) is 10.1. The number of ether oxygens (including phenoxy) is 1. The van der Waals surface area contributed by atoms with E-state index in [0.29, 0.717) is 24.3 Å². The zero-order chi connectivity index (χ0) is 32.8. The van der Waals surface area contributed by atoms with Crippen molar-refractivity contribution in [1.82, 2.24) is 4.90 Å². The second kappa shape index (κ2) is 15.0. The van der Waals surface area contributed by atoms with Crippen molar-refractivity contribution < 1.29 is 19.7 Å². The number of aryl methyl sites for hydroxylation is 3. The van der Waals surface area contributed by atoms with Crippen LogP contribution in [0.1, 0.15) is 130 Å². The zero-order valence-corrected chi connectivity index (χ0v) is 28.7. The number of aliphatic hydroxyl groups excluding tert-OH is 2. The Morgan fingerprint density at radius 3 is 2.13 bits per heavy atom. The van der Waals surface area contributed by atoms with Gasteiger partial charge in [0.1, 0.15) is 5.75 Å². The van der Waals surface area contributed by atoms with Crippen LogP contribution in [0.3, 0.4) is 0 Å². The maximum absolute atomic E-state index is 12.6. The lowest BCUT2D eigenvalue weighted by Crippen LogP contribution is -2.29. The quantitative estimate of drug-likeness (QED) is 0.168. The Labute approximate surface area is 271 Å². The molecule has 3 aromatic carbocycles. The summed E-state index contributed by atoms with van der Waals surface area (Å²) in [6, 6.07) is 21.0. The summed E-state index contributed by atoms with van der Waals surface area (Å²) in [6.45, 7) is 16.4. The molecule has 0 radical (unpaired) electrons. The molecule has 5 nitrogen and oxygen atoms in total. The minimum atomic E-state index is -0.830. The number of aliphatic hydroxyl groups is 2. The van der Waals surface area contributed by atoms with Crippen molar-refractivity contribution in [2.45, 2.75) is 118 Å². The number of hydrogen-bond acceptors (Lipinski definition) is 4. The maximum Gasteiger partial charge on any atom is 0.256 e. The van der Waals surface area contributed by atoms with Crippen molar-refractivity contribution in [2.75, 3.05) is 13.2 Å². The first-order chi connectivity index (χ1) is 21.4. The number of unbranched alkanes of at least 4 members (excludes halogenated alkanes) is 3. The molecule has 2 unspecified atom stereocenters. The normalized spacial score (nSPS) is 15.8. The van der Waals surface area contributed by atoms with Gasteiger partial charge in [0.05, 0.1) is 12.7 Å². The highest BCUT2D eigenvalue weighted by Gasteiger charge is 2.34. The number of nitrogens with zero attached hydrogens (tertiary/aromatic N) is 1. The third-order valence-corrected chi connectivity index (χ3v) is 10.1. The van der Waals surface area contributed by atoms with Crippen molar-refractivity contribution >= 4 is 5.91 Å². The first-order valence-corrected chi connectivity index (χ1v) is 17.0. The summed E-state index contributed by atoms with van der Waals surface area (Å²) in [7, 11) is 0. The molecule has 0 bridgehead atoms. The van der Waals surface area contributed by atoms with Crippen LogP contribution in [-0.2, 0) is 11.8 Å². The van der Waals surface area contributed by atoms with Crippen LogP contribution in [0.5, 0.6) is 5.75 Å². The largest absolute Gasteiger partial charge is 0.493 e. The number of hydrogen-bond donors (Lipinski definition) is 2. The van der Waals surface area contributed by atoms with E-state index >= 15 is 0 Å². The van der Waals surface area contributed by atoms with Crippen LogP contribution in [0.2, 0.25) is 0 Å². The molecular formula is C40H55NO4. The Kier molecular flexibility index (Phi) is 11.5. The van der Waals surface area contributed by atoms with Crippen LogP contribution in [0, 0.1) is 19.3 Å². The van der Waals surface area contributed by atoms with Gasteiger partial charge in [-0.05, 0) is 97.7 Å². The Hall–Kier alpha value is -3.15. The lowest BCUT2D eigenvalue weighted by atomic mass is 9.69. The van der Waals surface area contributed by atoms with Crippen LogP contribution >= 0.6 is 0 Å². The fraction of sp³-hybridized carbons (Fsp3) is 0.525. The molecule has 0 saturated heterocycles. The van der Waals surface area contributed by atoms with E-state index in [1.165, 1.54) is 22.3 Å². The number of carbonyl (C=O) groups is 1. The highest BCUT2D eigenvalue weighted by molar-refractivity contribution is 5.98. The lowest BCUT2D eigenvalue weighted by Gasteiger charge is -2.34. The van der Waals surface area contributed by atoms with Gasteiger partial charge in [-0.3, -0.25) is 4.79 Å². The summed E-state index contributed by atoms with van der Waals surface area (Å²) >= 11 is 0. The average Bonchev–Trinajstić information content (AvgIpc) is 3.26. The van der Waals surface area contributed by atoms with E-state index in [1.807, 2.05) is 18.2 Å². The third kappa shape index (κ3) is 7.81. The van der Waals surface area contributed by atoms with Crippen LogP contribution in [0.25, 0.3) is 0 Å². The number of carbonyl (C=O) groups excluding carboxylic acids is 1. The van der Waals surface area contributed by atoms with Crippen LogP contribution in [0.4, 0.5) is 0 Å². The van der Waals surface area contributed by atoms with E-state index in [1.54, 1.807) is 11.0 Å². The van der Waals surface area contributed by atoms with Gasteiger partial charge in [0, 0.05) is 23.1 Å². The smallest absolute Gasteiger partial charge is 0.256 e. The van der Waals surface area contributed by atoms with Gasteiger partial charge in [-0.25, -0.2) is 0 Å². The summed E-state index contributed by atoms with van der Waals surface area (Å²) in [5.41, 5.74) is 7.61. The van der Waals surface area contributed by atoms with E-state index < -0.39 is 6.23 Å². The summed E-state index contributed by atoms with van der Waals surface area (Å²) in [5, 5.41) is 21.1. The second-order valence-electron chi connectivity index (χ2n) is 14.1. The molecule has 1 aliphatic rings. The predicted octanol–water partition coefficient (Wildman–Crippen LogP) is 8.84. The fourth-order valence-electron chi connectivity index (χ4n) is 6.84. The molecule has 2 atom stereocenters. The molecule has 0 aromatic heterocycles. The monoisotopic (exact) mass is 613 g/mol. The van der Waals surface area contributed by atoms with Gasteiger partial charge in [0.25, 0.3) is 5.91 Å². The first kappa shape index (κ1) is 34.7. The van der Waals surface area contributed by atoms with Gasteiger partial charge in [-0.1, -0.05) is 96.0 Å². The molecule has 5 heteroatoms. The number of amides is 1. The Balaban J connectivity index is 1.29. The van der Waals surface area contributed by atoms with Gasteiger partial charge in [0.2, 0.25) is 0 Å². The van der Waals surface area contributed by atoms with Crippen molar-refractivity contribution in [3.05, 3.63) is 99.6 Å². The maximum atomic E-state index is 12.6. The summed E-state index contributed by atoms with van der Waals surface area (Å²) in [5.74, 6) is 0.863. The molecule has 0 aliphatic carbocycles. The summed E-state index contributed by atoms with van der Waals surface area (Å²) in [6.07, 6.45) is 6.35. The van der Waals surface area contributed by atoms with E-state index in [2.05, 4.69) is 84.9 Å². The van der Waals surface area contributed by atoms with Crippen molar-refractivity contribution in [3.8, 4) is 5.75 Å². The predicted molar refractivity (Wildman–Crippen MR) is 184 cm³/mol. The SMILES string of the molecule is CCC(CC)(c1ccc(CCC(O)C(C)(C)C)c(C)c1)c1ccc(OCCCCCCN2C(=O)c3ccccc3C2O)c(C)c1. The first-order valence-electron chi connectivity index (χ1n) is 17.0. The minimum Gasteiger partial charge on any atom is -0.493 e. The minimum absolute atomic E-state index is 0.0663. The van der Waals surface area contributed by atoms with Crippen LogP contribution in [-0.4, -0.2) is 40.3 Å². The highest BCUT2D eigenvalue weighted by atomic mass is 16.5. The van der Waals surface area contributed by atoms with Gasteiger partial charge in [0.15, 0.2) is 6.23 Å². The van der Waals surface area contributed by atoms with Crippen molar-refractivity contribution in [2.24, 2.45) is 5.41 Å². The van der Waals surface area contributed by atoms with E-state index in [9.17, 15) is 15.0 Å². The average molecular weight is 614 g/mol. The molecule has 244 valence electrons. The number of fused-ring (bicyclic) bond motifs is 1. The molecule has 1 amide bonds. The zero-order valence-electron chi connectivity index (χ0n) is 28.7. The molecule has 0 spiro atoms. The van der Waals surface area contributed by atoms with Crippen molar-refractivity contribution in [1.29, 1.82) is 0 Å². The topological polar surface area (TPSA) is 70.0 Å². The van der Waals surface area contributed by atoms with E-state index in [-0.39, 0.29) is 22.8 Å². The molecule has 3 aromatic rings. The molecular weight excluding hydrogens is 558 g/mol. The fourth-order valence-corrected chi connectivity index (χ4v) is 6.84. The molecule has 2 N–H and O–H groups in total. The lowest BCUT2D eigenvalue weighted by molar-refractivity contribution is 0.0169. The van der Waals surface area contributed by atoms with Crippen LogP contribution in [0.15, 0.2) is 60.7 Å². The van der Waals surface area contributed by atoms with E-state index in [4.69, 9.17) is 4.74 Å². The molecule has 0 fully saturated rings. The second-order valence-corrected chi connectivity index (χ2v) is 14.1. The Morgan fingerprint density at radius 1 is 0.867 bits per heavy atom. The van der Waals surface area contributed by atoms with Gasteiger partial charge < -0.3 is 19.8 Å². The highest BCUT2D eigenvalue weighted by Crippen LogP contribution is 2.41. The number of benzene rings is 3. The van der Waals surface area contributed by atoms with Crippen LogP contribution < -0.4 is 4.74 Å². The molecule has 0 saturated carbocycles. The molecule has 1 aliphatic heterocycles. The number of rotatable bonds is 15. The molecule has 4 rings (SSSR count). The summed E-state index contributed by atoms with van der Waals surface area (Å²) in [4.78, 5) is 14.2. The summed E-state index contributed by atoms with van der Waals surface area (Å²) < 4.78 is 6.21. The standard InChI is InChI=1S/C40H55NO4/c1-8-40(9-2,31-20-18-30(28(3)26-31)19-23-36(42)39(5,6)7)32-21-22-35(29(4)27-32)45-25-15-11-10-14-24-41-37(43)33-16-12-13-17-34(33)38(41)44/h12-13,16-18,20-22,26-27,36-37,42-43H,8-11,14-15,19,23-25H2,1-7H3. The Bertz CT molecular complexity index is 1430. The Morgan fingerprint density at radius 2 is 1.51 bits per heavy atom.